The molecule has 2 rings (SSSR count). The number of benzene rings is 1. The molecule has 0 bridgehead atoms. The second kappa shape index (κ2) is 6.53. The van der Waals surface area contributed by atoms with Crippen LogP contribution in [0.15, 0.2) is 36.5 Å². The van der Waals surface area contributed by atoms with Crippen molar-refractivity contribution in [2.45, 2.75) is 33.2 Å². The summed E-state index contributed by atoms with van der Waals surface area (Å²) >= 11 is 0. The quantitative estimate of drug-likeness (QED) is 0.904. The van der Waals surface area contributed by atoms with E-state index < -0.39 is 0 Å². The van der Waals surface area contributed by atoms with Crippen LogP contribution in [0.5, 0.6) is 5.75 Å². The fourth-order valence-electron chi connectivity index (χ4n) is 2.20. The summed E-state index contributed by atoms with van der Waals surface area (Å²) in [5.41, 5.74) is 10.6. The number of aromatic nitrogens is 1. The number of nitrogens with zero attached hydrogens (tertiary/aromatic N) is 1. The zero-order valence-electron chi connectivity index (χ0n) is 12.4. The molecule has 1 unspecified atom stereocenters. The Morgan fingerprint density at radius 1 is 1.20 bits per heavy atom. The molecule has 0 aliphatic rings. The van der Waals surface area contributed by atoms with Gasteiger partial charge in [-0.2, -0.15) is 0 Å². The predicted molar refractivity (Wildman–Crippen MR) is 82.0 cm³/mol. The summed E-state index contributed by atoms with van der Waals surface area (Å²) < 4.78 is 5.58. The summed E-state index contributed by atoms with van der Waals surface area (Å²) in [4.78, 5) is 4.47. The predicted octanol–water partition coefficient (Wildman–Crippen LogP) is 3.54. The van der Waals surface area contributed by atoms with E-state index in [-0.39, 0.29) is 6.04 Å². The monoisotopic (exact) mass is 270 g/mol. The average molecular weight is 270 g/mol. The molecule has 2 N–H and O–H groups in total. The second-order valence-electron chi connectivity index (χ2n) is 5.11. The van der Waals surface area contributed by atoms with Crippen LogP contribution in [0.25, 0.3) is 0 Å². The Balaban J connectivity index is 2.18. The van der Waals surface area contributed by atoms with Gasteiger partial charge in [0.1, 0.15) is 5.75 Å². The number of hydrogen-bond acceptors (Lipinski definition) is 3. The topological polar surface area (TPSA) is 48.1 Å². The number of nitrogens with two attached hydrogens (primary N) is 1. The minimum Gasteiger partial charge on any atom is -0.494 e. The maximum atomic E-state index is 6.31. The molecule has 1 heterocycles. The van der Waals surface area contributed by atoms with Crippen molar-refractivity contribution in [3.63, 3.8) is 0 Å². The molecule has 3 nitrogen and oxygen atoms in total. The molecule has 3 heteroatoms. The summed E-state index contributed by atoms with van der Waals surface area (Å²) in [5, 5.41) is 0. The van der Waals surface area contributed by atoms with Crippen LogP contribution < -0.4 is 10.5 Å². The number of hydrogen-bond donors (Lipinski definition) is 1. The van der Waals surface area contributed by atoms with E-state index in [1.807, 2.05) is 44.3 Å². The highest BCUT2D eigenvalue weighted by atomic mass is 16.5. The van der Waals surface area contributed by atoms with E-state index in [0.717, 1.165) is 41.2 Å². The molecule has 0 aliphatic carbocycles. The van der Waals surface area contributed by atoms with Crippen molar-refractivity contribution < 1.29 is 4.74 Å². The minimum absolute atomic E-state index is 0.198. The molecule has 0 saturated heterocycles. The molecular weight excluding hydrogens is 248 g/mol. The van der Waals surface area contributed by atoms with E-state index in [0.29, 0.717) is 0 Å². The van der Waals surface area contributed by atoms with Gasteiger partial charge in [0.15, 0.2) is 0 Å². The van der Waals surface area contributed by atoms with E-state index in [9.17, 15) is 0 Å². The zero-order chi connectivity index (χ0) is 14.5. The van der Waals surface area contributed by atoms with Gasteiger partial charge in [0.2, 0.25) is 0 Å². The summed E-state index contributed by atoms with van der Waals surface area (Å²) in [6.45, 7) is 6.92. The van der Waals surface area contributed by atoms with Gasteiger partial charge in [-0.25, -0.2) is 0 Å². The molecule has 2 aromatic rings. The Morgan fingerprint density at radius 2 is 1.90 bits per heavy atom. The first-order valence-corrected chi connectivity index (χ1v) is 7.03. The van der Waals surface area contributed by atoms with Crippen LogP contribution in [0.2, 0.25) is 0 Å². The van der Waals surface area contributed by atoms with Crippen LogP contribution in [0.1, 0.15) is 41.8 Å². The number of aryl methyl sites for hydroxylation is 2. The minimum atomic E-state index is -0.198. The Kier molecular flexibility index (Phi) is 4.74. The molecule has 0 saturated carbocycles. The third-order valence-corrected chi connectivity index (χ3v) is 3.26. The van der Waals surface area contributed by atoms with Crippen molar-refractivity contribution in [3.8, 4) is 5.75 Å². The highest BCUT2D eigenvalue weighted by Gasteiger charge is 2.13. The van der Waals surface area contributed by atoms with Gasteiger partial charge >= 0.3 is 0 Å². The standard InChI is InChI=1S/C17H22N2O/c1-4-9-20-15-7-5-14(6-8-15)16(18)17-13(3)10-12(2)11-19-17/h5-8,10-11,16H,4,9,18H2,1-3H3. The SMILES string of the molecule is CCCOc1ccc(C(N)c2ncc(C)cc2C)cc1. The molecule has 1 atom stereocenters. The van der Waals surface area contributed by atoms with E-state index in [1.165, 1.54) is 0 Å². The van der Waals surface area contributed by atoms with Gasteiger partial charge in [0.05, 0.1) is 18.3 Å². The third-order valence-electron chi connectivity index (χ3n) is 3.26. The van der Waals surface area contributed by atoms with Crippen molar-refractivity contribution in [1.29, 1.82) is 0 Å². The van der Waals surface area contributed by atoms with Gasteiger partial charge in [-0.3, -0.25) is 4.98 Å². The molecule has 106 valence electrons. The highest BCUT2D eigenvalue weighted by molar-refractivity contribution is 5.36. The molecular formula is C17H22N2O. The average Bonchev–Trinajstić information content (AvgIpc) is 2.45. The fourth-order valence-corrected chi connectivity index (χ4v) is 2.20. The lowest BCUT2D eigenvalue weighted by atomic mass is 10.00. The Bertz CT molecular complexity index is 564. The molecule has 0 fully saturated rings. The van der Waals surface area contributed by atoms with Gasteiger partial charge in [-0.15, -0.1) is 0 Å². The van der Waals surface area contributed by atoms with Crippen LogP contribution in [0, 0.1) is 13.8 Å². The van der Waals surface area contributed by atoms with E-state index >= 15 is 0 Å². The first-order chi connectivity index (χ1) is 9.61. The number of pyridine rings is 1. The second-order valence-corrected chi connectivity index (χ2v) is 5.11. The van der Waals surface area contributed by atoms with Crippen molar-refractivity contribution in [1.82, 2.24) is 4.98 Å². The molecule has 0 spiro atoms. The van der Waals surface area contributed by atoms with Crippen molar-refractivity contribution in [2.24, 2.45) is 5.73 Å². The fraction of sp³-hybridized carbons (Fsp3) is 0.353. The third kappa shape index (κ3) is 3.36. The number of ether oxygens (including phenoxy) is 1. The summed E-state index contributed by atoms with van der Waals surface area (Å²) in [5.74, 6) is 0.886. The van der Waals surface area contributed by atoms with Crippen LogP contribution in [0.4, 0.5) is 0 Å². The van der Waals surface area contributed by atoms with Gasteiger partial charge in [-0.05, 0) is 49.1 Å². The maximum Gasteiger partial charge on any atom is 0.119 e. The number of rotatable bonds is 5. The lowest BCUT2D eigenvalue weighted by Gasteiger charge is -2.15. The largest absolute Gasteiger partial charge is 0.494 e. The van der Waals surface area contributed by atoms with Crippen LogP contribution in [0.3, 0.4) is 0 Å². The molecule has 1 aromatic heterocycles. The van der Waals surface area contributed by atoms with Gasteiger partial charge in [-0.1, -0.05) is 25.1 Å². The molecule has 1 aromatic carbocycles. The Morgan fingerprint density at radius 3 is 2.50 bits per heavy atom. The molecule has 0 aliphatic heterocycles. The maximum absolute atomic E-state index is 6.31. The van der Waals surface area contributed by atoms with Crippen molar-refractivity contribution in [3.05, 3.63) is 58.9 Å². The van der Waals surface area contributed by atoms with E-state index in [1.54, 1.807) is 0 Å². The molecule has 20 heavy (non-hydrogen) atoms. The van der Waals surface area contributed by atoms with Crippen molar-refractivity contribution in [2.75, 3.05) is 6.61 Å². The Hall–Kier alpha value is -1.87. The normalized spacial score (nSPS) is 12.2. The van der Waals surface area contributed by atoms with Crippen LogP contribution in [-0.4, -0.2) is 11.6 Å². The molecule has 0 amide bonds. The van der Waals surface area contributed by atoms with Crippen LogP contribution in [-0.2, 0) is 0 Å². The lowest BCUT2D eigenvalue weighted by molar-refractivity contribution is 0.317. The van der Waals surface area contributed by atoms with Gasteiger partial charge < -0.3 is 10.5 Å². The van der Waals surface area contributed by atoms with Crippen LogP contribution >= 0.6 is 0 Å². The Labute approximate surface area is 120 Å². The lowest BCUT2D eigenvalue weighted by Crippen LogP contribution is -2.15. The molecule has 0 radical (unpaired) electrons. The summed E-state index contributed by atoms with van der Waals surface area (Å²) in [7, 11) is 0. The van der Waals surface area contributed by atoms with E-state index in [2.05, 4.69) is 18.0 Å². The smallest absolute Gasteiger partial charge is 0.119 e. The first kappa shape index (κ1) is 14.5. The van der Waals surface area contributed by atoms with Gasteiger partial charge in [0, 0.05) is 6.20 Å². The summed E-state index contributed by atoms with van der Waals surface area (Å²) in [6.07, 6.45) is 2.87. The highest BCUT2D eigenvalue weighted by Crippen LogP contribution is 2.23. The van der Waals surface area contributed by atoms with E-state index in [4.69, 9.17) is 10.5 Å². The first-order valence-electron chi connectivity index (χ1n) is 7.03. The van der Waals surface area contributed by atoms with Gasteiger partial charge in [0.25, 0.3) is 0 Å². The summed E-state index contributed by atoms with van der Waals surface area (Å²) in [6, 6.07) is 9.87. The van der Waals surface area contributed by atoms with Crippen molar-refractivity contribution >= 4 is 0 Å². The zero-order valence-corrected chi connectivity index (χ0v) is 12.4.